The van der Waals surface area contributed by atoms with Gasteiger partial charge in [-0.25, -0.2) is 13.6 Å². The first-order valence-corrected chi connectivity index (χ1v) is 8.38. The SMILES string of the molecule is Cc1ccc(CNCCc2ccc(S(N)(=O)=O)cc2)cc1.Cl. The molecular weight excluding hydrogens is 320 g/mol. The van der Waals surface area contributed by atoms with Crippen molar-refractivity contribution in [3.05, 3.63) is 65.2 Å². The first-order chi connectivity index (χ1) is 9.95. The second-order valence-electron chi connectivity index (χ2n) is 5.10. The molecule has 0 bridgehead atoms. The summed E-state index contributed by atoms with van der Waals surface area (Å²) >= 11 is 0. The van der Waals surface area contributed by atoms with Crippen LogP contribution in [0.3, 0.4) is 0 Å². The van der Waals surface area contributed by atoms with Crippen molar-refractivity contribution in [2.75, 3.05) is 6.54 Å². The molecule has 0 fully saturated rings. The Balaban J connectivity index is 0.00000242. The maximum atomic E-state index is 11.2. The summed E-state index contributed by atoms with van der Waals surface area (Å²) in [5.74, 6) is 0. The lowest BCUT2D eigenvalue weighted by molar-refractivity contribution is 0.597. The van der Waals surface area contributed by atoms with E-state index in [4.69, 9.17) is 5.14 Å². The monoisotopic (exact) mass is 340 g/mol. The highest BCUT2D eigenvalue weighted by Crippen LogP contribution is 2.09. The summed E-state index contributed by atoms with van der Waals surface area (Å²) in [6.45, 7) is 3.74. The molecule has 0 aliphatic carbocycles. The number of aryl methyl sites for hydroxylation is 1. The third-order valence-electron chi connectivity index (χ3n) is 3.29. The van der Waals surface area contributed by atoms with Gasteiger partial charge in [-0.1, -0.05) is 42.0 Å². The Morgan fingerprint density at radius 1 is 0.955 bits per heavy atom. The van der Waals surface area contributed by atoms with Crippen molar-refractivity contribution in [3.63, 3.8) is 0 Å². The molecule has 22 heavy (non-hydrogen) atoms. The average Bonchev–Trinajstić information content (AvgIpc) is 2.45. The fourth-order valence-electron chi connectivity index (χ4n) is 2.02. The van der Waals surface area contributed by atoms with Gasteiger partial charge < -0.3 is 5.32 Å². The van der Waals surface area contributed by atoms with Gasteiger partial charge in [-0.3, -0.25) is 0 Å². The van der Waals surface area contributed by atoms with Crippen molar-refractivity contribution < 1.29 is 8.42 Å². The van der Waals surface area contributed by atoms with E-state index in [9.17, 15) is 8.42 Å². The average molecular weight is 341 g/mol. The van der Waals surface area contributed by atoms with Gasteiger partial charge in [0.1, 0.15) is 0 Å². The van der Waals surface area contributed by atoms with Crippen LogP contribution in [0.15, 0.2) is 53.4 Å². The molecule has 0 aromatic heterocycles. The molecule has 2 rings (SSSR count). The highest BCUT2D eigenvalue weighted by Gasteiger charge is 2.06. The zero-order valence-electron chi connectivity index (χ0n) is 12.5. The van der Waals surface area contributed by atoms with E-state index in [2.05, 4.69) is 36.5 Å². The molecule has 0 atom stereocenters. The van der Waals surface area contributed by atoms with Crippen LogP contribution < -0.4 is 10.5 Å². The minimum Gasteiger partial charge on any atom is -0.312 e. The number of hydrogen-bond donors (Lipinski definition) is 2. The van der Waals surface area contributed by atoms with Crippen LogP contribution in [0.1, 0.15) is 16.7 Å². The molecule has 2 aromatic carbocycles. The van der Waals surface area contributed by atoms with Crippen molar-refractivity contribution in [2.45, 2.75) is 24.8 Å². The molecule has 0 unspecified atom stereocenters. The molecule has 0 aliphatic rings. The molecule has 4 nitrogen and oxygen atoms in total. The van der Waals surface area contributed by atoms with Crippen molar-refractivity contribution in [3.8, 4) is 0 Å². The van der Waals surface area contributed by atoms with Crippen molar-refractivity contribution in [1.82, 2.24) is 5.32 Å². The maximum Gasteiger partial charge on any atom is 0.238 e. The Labute approximate surface area is 138 Å². The second-order valence-corrected chi connectivity index (χ2v) is 6.66. The Hall–Kier alpha value is -1.40. The smallest absolute Gasteiger partial charge is 0.238 e. The summed E-state index contributed by atoms with van der Waals surface area (Å²) in [5.41, 5.74) is 3.60. The molecule has 0 aliphatic heterocycles. The van der Waals surface area contributed by atoms with Gasteiger partial charge in [-0.2, -0.15) is 0 Å². The van der Waals surface area contributed by atoms with Crippen LogP contribution in [0.25, 0.3) is 0 Å². The van der Waals surface area contributed by atoms with Crippen molar-refractivity contribution >= 4 is 22.4 Å². The third-order valence-corrected chi connectivity index (χ3v) is 4.22. The lowest BCUT2D eigenvalue weighted by atomic mass is 10.1. The number of nitrogens with one attached hydrogen (secondary N) is 1. The lowest BCUT2D eigenvalue weighted by Crippen LogP contribution is -2.17. The molecule has 120 valence electrons. The van der Waals surface area contributed by atoms with E-state index < -0.39 is 10.0 Å². The van der Waals surface area contributed by atoms with Gasteiger partial charge in [0.25, 0.3) is 0 Å². The number of primary sulfonamides is 1. The number of nitrogens with two attached hydrogens (primary N) is 1. The van der Waals surface area contributed by atoms with E-state index in [1.807, 2.05) is 0 Å². The topological polar surface area (TPSA) is 72.2 Å². The van der Waals surface area contributed by atoms with Gasteiger partial charge in [0.2, 0.25) is 10.0 Å². The van der Waals surface area contributed by atoms with Crippen LogP contribution >= 0.6 is 12.4 Å². The summed E-state index contributed by atoms with van der Waals surface area (Å²) in [6.07, 6.45) is 0.844. The third kappa shape index (κ3) is 5.77. The molecule has 0 radical (unpaired) electrons. The molecule has 0 heterocycles. The van der Waals surface area contributed by atoms with E-state index in [1.54, 1.807) is 24.3 Å². The summed E-state index contributed by atoms with van der Waals surface area (Å²) in [4.78, 5) is 0.152. The Bertz CT molecular complexity index is 683. The van der Waals surface area contributed by atoms with Gasteiger partial charge in [0, 0.05) is 6.54 Å². The lowest BCUT2D eigenvalue weighted by Gasteiger charge is -2.06. The maximum absolute atomic E-state index is 11.2. The number of hydrogen-bond acceptors (Lipinski definition) is 3. The quantitative estimate of drug-likeness (QED) is 0.793. The summed E-state index contributed by atoms with van der Waals surface area (Å²) in [6, 6.07) is 15.1. The van der Waals surface area contributed by atoms with Crippen LogP contribution in [0.4, 0.5) is 0 Å². The van der Waals surface area contributed by atoms with Crippen LogP contribution in [0.5, 0.6) is 0 Å². The molecule has 3 N–H and O–H groups in total. The summed E-state index contributed by atoms with van der Waals surface area (Å²) in [5, 5.41) is 8.43. The fraction of sp³-hybridized carbons (Fsp3) is 0.250. The van der Waals surface area contributed by atoms with E-state index in [0.717, 1.165) is 25.1 Å². The zero-order chi connectivity index (χ0) is 15.3. The zero-order valence-corrected chi connectivity index (χ0v) is 14.1. The number of benzene rings is 2. The molecular formula is C16H21ClN2O2S. The van der Waals surface area contributed by atoms with Crippen LogP contribution in [-0.4, -0.2) is 15.0 Å². The highest BCUT2D eigenvalue weighted by molar-refractivity contribution is 7.89. The normalized spacial score (nSPS) is 11.0. The minimum atomic E-state index is -3.60. The van der Waals surface area contributed by atoms with Gasteiger partial charge in [-0.05, 0) is 43.1 Å². The van der Waals surface area contributed by atoms with Crippen molar-refractivity contribution in [2.24, 2.45) is 5.14 Å². The highest BCUT2D eigenvalue weighted by atomic mass is 35.5. The molecule has 0 saturated carbocycles. The molecule has 2 aromatic rings. The number of halogens is 1. The standard InChI is InChI=1S/C16H20N2O2S.ClH/c1-13-2-4-15(5-3-13)12-18-11-10-14-6-8-16(9-7-14)21(17,19)20;/h2-9,18H,10-12H2,1H3,(H2,17,19,20);1H. The number of sulfonamides is 1. The predicted octanol–water partition coefficient (Wildman–Crippen LogP) is 2.40. The summed E-state index contributed by atoms with van der Waals surface area (Å²) in [7, 11) is -3.60. The van der Waals surface area contributed by atoms with Crippen LogP contribution in [0.2, 0.25) is 0 Å². The van der Waals surface area contributed by atoms with E-state index in [0.29, 0.717) is 0 Å². The van der Waals surface area contributed by atoms with Crippen LogP contribution in [-0.2, 0) is 23.0 Å². The first kappa shape index (κ1) is 18.6. The summed E-state index contributed by atoms with van der Waals surface area (Å²) < 4.78 is 22.3. The minimum absolute atomic E-state index is 0. The molecule has 0 saturated heterocycles. The van der Waals surface area contributed by atoms with E-state index in [-0.39, 0.29) is 17.3 Å². The first-order valence-electron chi connectivity index (χ1n) is 6.83. The van der Waals surface area contributed by atoms with Gasteiger partial charge in [0.05, 0.1) is 4.90 Å². The Morgan fingerprint density at radius 2 is 1.50 bits per heavy atom. The van der Waals surface area contributed by atoms with Gasteiger partial charge >= 0.3 is 0 Å². The molecule has 0 amide bonds. The van der Waals surface area contributed by atoms with Gasteiger partial charge in [-0.15, -0.1) is 12.4 Å². The van der Waals surface area contributed by atoms with E-state index >= 15 is 0 Å². The Morgan fingerprint density at radius 3 is 2.05 bits per heavy atom. The largest absolute Gasteiger partial charge is 0.312 e. The van der Waals surface area contributed by atoms with Crippen LogP contribution in [0, 0.1) is 6.92 Å². The Kier molecular flexibility index (Phi) is 7.03. The molecule has 6 heteroatoms. The van der Waals surface area contributed by atoms with E-state index in [1.165, 1.54) is 11.1 Å². The molecule has 0 spiro atoms. The second kappa shape index (κ2) is 8.29. The van der Waals surface area contributed by atoms with Gasteiger partial charge in [0.15, 0.2) is 0 Å². The predicted molar refractivity (Wildman–Crippen MR) is 91.7 cm³/mol. The van der Waals surface area contributed by atoms with Crippen molar-refractivity contribution in [1.29, 1.82) is 0 Å². The fourth-order valence-corrected chi connectivity index (χ4v) is 2.53. The number of rotatable bonds is 6.